The van der Waals surface area contributed by atoms with Gasteiger partial charge in [-0.1, -0.05) is 12.8 Å². The molecule has 1 aliphatic carbocycles. The summed E-state index contributed by atoms with van der Waals surface area (Å²) in [6.45, 7) is 0.822. The van der Waals surface area contributed by atoms with Crippen molar-refractivity contribution in [1.29, 1.82) is 0 Å². The van der Waals surface area contributed by atoms with Crippen LogP contribution in [0.1, 0.15) is 25.7 Å². The van der Waals surface area contributed by atoms with Crippen LogP contribution in [-0.4, -0.2) is 6.54 Å². The molecule has 1 aromatic carbocycles. The number of benzene rings is 1. The molecule has 0 heterocycles. The summed E-state index contributed by atoms with van der Waals surface area (Å²) >= 11 is 0. The summed E-state index contributed by atoms with van der Waals surface area (Å²) < 4.78 is 25.7. The van der Waals surface area contributed by atoms with Crippen molar-refractivity contribution >= 4 is 5.69 Å². The fourth-order valence-electron chi connectivity index (χ4n) is 2.13. The van der Waals surface area contributed by atoms with E-state index < -0.39 is 11.6 Å². The average Bonchev–Trinajstić information content (AvgIpc) is 2.65. The summed E-state index contributed by atoms with van der Waals surface area (Å²) in [5.74, 6) is -0.385. The van der Waals surface area contributed by atoms with Crippen LogP contribution in [0.25, 0.3) is 0 Å². The molecule has 1 N–H and O–H groups in total. The topological polar surface area (TPSA) is 12.0 Å². The lowest BCUT2D eigenvalue weighted by atomic mass is 10.1. The van der Waals surface area contributed by atoms with E-state index in [0.29, 0.717) is 11.6 Å². The lowest BCUT2D eigenvalue weighted by Gasteiger charge is -2.11. The molecule has 3 heteroatoms. The largest absolute Gasteiger partial charge is 0.385 e. The molecular weight excluding hydrogens is 196 g/mol. The van der Waals surface area contributed by atoms with Crippen molar-refractivity contribution in [2.75, 3.05) is 11.9 Å². The third-order valence-electron chi connectivity index (χ3n) is 2.93. The second kappa shape index (κ2) is 4.60. The van der Waals surface area contributed by atoms with Crippen LogP contribution < -0.4 is 5.32 Å². The quantitative estimate of drug-likeness (QED) is 0.806. The van der Waals surface area contributed by atoms with E-state index >= 15 is 0 Å². The number of halogens is 2. The maximum absolute atomic E-state index is 12.8. The van der Waals surface area contributed by atoms with Crippen molar-refractivity contribution in [3.05, 3.63) is 29.8 Å². The van der Waals surface area contributed by atoms with Crippen LogP contribution in [0.15, 0.2) is 18.2 Å². The number of rotatable bonds is 3. The molecule has 82 valence electrons. The Morgan fingerprint density at radius 3 is 2.27 bits per heavy atom. The minimum Gasteiger partial charge on any atom is -0.385 e. The summed E-state index contributed by atoms with van der Waals surface area (Å²) in [6, 6.07) is 3.55. The van der Waals surface area contributed by atoms with Gasteiger partial charge in [-0.05, 0) is 30.9 Å². The molecule has 0 aliphatic heterocycles. The summed E-state index contributed by atoms with van der Waals surface area (Å²) in [4.78, 5) is 0. The zero-order valence-electron chi connectivity index (χ0n) is 8.60. The second-order valence-corrected chi connectivity index (χ2v) is 4.19. The van der Waals surface area contributed by atoms with Gasteiger partial charge in [-0.3, -0.25) is 0 Å². The zero-order chi connectivity index (χ0) is 10.7. The Hall–Kier alpha value is -1.12. The minimum atomic E-state index is -0.524. The predicted molar refractivity (Wildman–Crippen MR) is 56.8 cm³/mol. The number of anilines is 1. The van der Waals surface area contributed by atoms with Crippen LogP contribution in [-0.2, 0) is 0 Å². The second-order valence-electron chi connectivity index (χ2n) is 4.19. The van der Waals surface area contributed by atoms with E-state index in [4.69, 9.17) is 0 Å². The molecule has 1 aliphatic rings. The van der Waals surface area contributed by atoms with Crippen molar-refractivity contribution in [2.45, 2.75) is 25.7 Å². The highest BCUT2D eigenvalue weighted by atomic mass is 19.1. The predicted octanol–water partition coefficient (Wildman–Crippen LogP) is 3.57. The van der Waals surface area contributed by atoms with Gasteiger partial charge in [-0.15, -0.1) is 0 Å². The average molecular weight is 211 g/mol. The van der Waals surface area contributed by atoms with Crippen LogP contribution in [0.2, 0.25) is 0 Å². The summed E-state index contributed by atoms with van der Waals surface area (Å²) in [6.07, 6.45) is 5.02. The van der Waals surface area contributed by atoms with Gasteiger partial charge in [-0.25, -0.2) is 8.78 Å². The fraction of sp³-hybridized carbons (Fsp3) is 0.500. The molecule has 0 atom stereocenters. The molecule has 0 saturated heterocycles. The van der Waals surface area contributed by atoms with Gasteiger partial charge >= 0.3 is 0 Å². The van der Waals surface area contributed by atoms with Crippen LogP contribution in [0, 0.1) is 17.6 Å². The van der Waals surface area contributed by atoms with Gasteiger partial charge in [0.2, 0.25) is 0 Å². The Morgan fingerprint density at radius 2 is 1.67 bits per heavy atom. The third kappa shape index (κ3) is 2.91. The van der Waals surface area contributed by atoms with E-state index in [1.807, 2.05) is 0 Å². The van der Waals surface area contributed by atoms with Gasteiger partial charge in [0.15, 0.2) is 0 Å². The van der Waals surface area contributed by atoms with Crippen LogP contribution in [0.4, 0.5) is 14.5 Å². The molecule has 1 saturated carbocycles. The molecule has 0 spiro atoms. The van der Waals surface area contributed by atoms with Crippen LogP contribution in [0.5, 0.6) is 0 Å². The van der Waals surface area contributed by atoms with E-state index in [2.05, 4.69) is 5.32 Å². The van der Waals surface area contributed by atoms with Gasteiger partial charge in [0, 0.05) is 18.3 Å². The molecule has 0 bridgehead atoms. The van der Waals surface area contributed by atoms with Gasteiger partial charge in [-0.2, -0.15) is 0 Å². The van der Waals surface area contributed by atoms with E-state index in [1.165, 1.54) is 37.8 Å². The lowest BCUT2D eigenvalue weighted by molar-refractivity contribution is 0.572. The SMILES string of the molecule is Fc1cc(F)cc(NCC2CCCC2)c1. The fourth-order valence-corrected chi connectivity index (χ4v) is 2.13. The molecule has 1 nitrogen and oxygen atoms in total. The maximum Gasteiger partial charge on any atom is 0.128 e. The van der Waals surface area contributed by atoms with Crippen LogP contribution >= 0.6 is 0 Å². The molecule has 0 aromatic heterocycles. The van der Waals surface area contributed by atoms with E-state index in [-0.39, 0.29) is 0 Å². The number of hydrogen-bond donors (Lipinski definition) is 1. The van der Waals surface area contributed by atoms with Gasteiger partial charge in [0.1, 0.15) is 11.6 Å². The summed E-state index contributed by atoms with van der Waals surface area (Å²) in [7, 11) is 0. The van der Waals surface area contributed by atoms with Gasteiger partial charge in [0.25, 0.3) is 0 Å². The first kappa shape index (κ1) is 10.4. The first-order valence-electron chi connectivity index (χ1n) is 5.44. The Bertz CT molecular complexity index is 312. The molecule has 1 fully saturated rings. The van der Waals surface area contributed by atoms with Crippen LogP contribution in [0.3, 0.4) is 0 Å². The Labute approximate surface area is 88.5 Å². The number of nitrogens with one attached hydrogen (secondary N) is 1. The third-order valence-corrected chi connectivity index (χ3v) is 2.93. The van der Waals surface area contributed by atoms with Crippen molar-refractivity contribution in [1.82, 2.24) is 0 Å². The van der Waals surface area contributed by atoms with Crippen molar-refractivity contribution in [2.24, 2.45) is 5.92 Å². The van der Waals surface area contributed by atoms with E-state index in [0.717, 1.165) is 12.6 Å². The Balaban J connectivity index is 1.92. The highest BCUT2D eigenvalue weighted by Gasteiger charge is 2.14. The smallest absolute Gasteiger partial charge is 0.128 e. The van der Waals surface area contributed by atoms with Gasteiger partial charge < -0.3 is 5.32 Å². The van der Waals surface area contributed by atoms with E-state index in [1.54, 1.807) is 0 Å². The van der Waals surface area contributed by atoms with Gasteiger partial charge in [0.05, 0.1) is 0 Å². The Morgan fingerprint density at radius 1 is 1.07 bits per heavy atom. The molecule has 0 amide bonds. The first-order chi connectivity index (χ1) is 7.24. The lowest BCUT2D eigenvalue weighted by Crippen LogP contribution is -2.11. The summed E-state index contributed by atoms with van der Waals surface area (Å²) in [5.41, 5.74) is 0.541. The molecule has 0 unspecified atom stereocenters. The van der Waals surface area contributed by atoms with E-state index in [9.17, 15) is 8.78 Å². The Kier molecular flexibility index (Phi) is 3.19. The van der Waals surface area contributed by atoms with Crippen molar-refractivity contribution in [3.63, 3.8) is 0 Å². The monoisotopic (exact) mass is 211 g/mol. The molecule has 0 radical (unpaired) electrons. The van der Waals surface area contributed by atoms with Crippen molar-refractivity contribution in [3.8, 4) is 0 Å². The maximum atomic E-state index is 12.8. The van der Waals surface area contributed by atoms with Crippen molar-refractivity contribution < 1.29 is 8.78 Å². The highest BCUT2D eigenvalue weighted by molar-refractivity contribution is 5.43. The molecule has 15 heavy (non-hydrogen) atoms. The molecular formula is C12H15F2N. The normalized spacial score (nSPS) is 16.9. The standard InChI is InChI=1S/C12H15F2N/c13-10-5-11(14)7-12(6-10)15-8-9-3-1-2-4-9/h5-7,9,15H,1-4,8H2. The summed E-state index contributed by atoms with van der Waals surface area (Å²) in [5, 5.41) is 3.09. The zero-order valence-corrected chi connectivity index (χ0v) is 8.60. The number of hydrogen-bond acceptors (Lipinski definition) is 1. The minimum absolute atomic E-state index is 0.524. The molecule has 2 rings (SSSR count). The first-order valence-corrected chi connectivity index (χ1v) is 5.44. The highest BCUT2D eigenvalue weighted by Crippen LogP contribution is 2.25. The molecule has 1 aromatic rings.